The standard InChI is InChI=1S/C14H18N4OS/c1-18-7-3-4-9(18)8-17-14(19)13-11(15)12-10(20-13)5-2-6-16-12/h2,5-6,9H,3-4,7-8,15H2,1H3,(H,17,19). The Labute approximate surface area is 121 Å². The number of likely N-dealkylation sites (tertiary alicyclic amines) is 1. The topological polar surface area (TPSA) is 71.2 Å². The number of aromatic nitrogens is 1. The second-order valence-electron chi connectivity index (χ2n) is 5.18. The first-order valence-electron chi connectivity index (χ1n) is 6.78. The Morgan fingerprint density at radius 1 is 1.65 bits per heavy atom. The molecule has 1 unspecified atom stereocenters. The van der Waals surface area contributed by atoms with Gasteiger partial charge in [0.1, 0.15) is 10.4 Å². The van der Waals surface area contributed by atoms with Crippen LogP contribution in [0.15, 0.2) is 18.3 Å². The summed E-state index contributed by atoms with van der Waals surface area (Å²) in [7, 11) is 2.10. The van der Waals surface area contributed by atoms with Crippen molar-refractivity contribution in [2.75, 3.05) is 25.9 Å². The predicted octanol–water partition coefficient (Wildman–Crippen LogP) is 1.70. The highest BCUT2D eigenvalue weighted by Gasteiger charge is 2.23. The molecule has 5 nitrogen and oxygen atoms in total. The SMILES string of the molecule is CN1CCCC1CNC(=O)c1sc2cccnc2c1N. The van der Waals surface area contributed by atoms with E-state index in [1.165, 1.54) is 17.8 Å². The molecule has 0 spiro atoms. The van der Waals surface area contributed by atoms with Gasteiger partial charge in [-0.25, -0.2) is 0 Å². The van der Waals surface area contributed by atoms with Crippen molar-refractivity contribution in [1.82, 2.24) is 15.2 Å². The van der Waals surface area contributed by atoms with Crippen LogP contribution in [0.4, 0.5) is 5.69 Å². The highest BCUT2D eigenvalue weighted by molar-refractivity contribution is 7.21. The maximum Gasteiger partial charge on any atom is 0.263 e. The maximum atomic E-state index is 12.3. The molecule has 3 rings (SSSR count). The molecular weight excluding hydrogens is 272 g/mol. The summed E-state index contributed by atoms with van der Waals surface area (Å²) in [5.74, 6) is -0.0919. The second kappa shape index (κ2) is 5.38. The van der Waals surface area contributed by atoms with Gasteiger partial charge in [0, 0.05) is 18.8 Å². The fraction of sp³-hybridized carbons (Fsp3) is 0.429. The van der Waals surface area contributed by atoms with Crippen LogP contribution in [-0.2, 0) is 0 Å². The zero-order valence-corrected chi connectivity index (χ0v) is 12.2. The summed E-state index contributed by atoms with van der Waals surface area (Å²) in [6, 6.07) is 4.23. The normalized spacial score (nSPS) is 19.6. The molecule has 1 atom stereocenters. The number of thiophene rings is 1. The van der Waals surface area contributed by atoms with Crippen molar-refractivity contribution >= 4 is 33.1 Å². The Morgan fingerprint density at radius 2 is 2.50 bits per heavy atom. The molecule has 20 heavy (non-hydrogen) atoms. The third-order valence-corrected chi connectivity index (χ3v) is 5.02. The van der Waals surface area contributed by atoms with Crippen LogP contribution in [0.2, 0.25) is 0 Å². The summed E-state index contributed by atoms with van der Waals surface area (Å²) in [5.41, 5.74) is 7.24. The number of fused-ring (bicyclic) bond motifs is 1. The van der Waals surface area contributed by atoms with Gasteiger partial charge in [-0.2, -0.15) is 0 Å². The molecule has 0 aliphatic carbocycles. The molecule has 3 N–H and O–H groups in total. The third-order valence-electron chi connectivity index (χ3n) is 3.86. The van der Waals surface area contributed by atoms with Crippen LogP contribution in [0.5, 0.6) is 0 Å². The summed E-state index contributed by atoms with van der Waals surface area (Å²) in [4.78, 5) is 19.4. The van der Waals surface area contributed by atoms with E-state index < -0.39 is 0 Å². The fourth-order valence-electron chi connectivity index (χ4n) is 2.64. The van der Waals surface area contributed by atoms with Crippen LogP contribution >= 0.6 is 11.3 Å². The quantitative estimate of drug-likeness (QED) is 0.902. The van der Waals surface area contributed by atoms with E-state index in [2.05, 4.69) is 22.2 Å². The fourth-order valence-corrected chi connectivity index (χ4v) is 3.64. The molecule has 2 aromatic heterocycles. The Morgan fingerprint density at radius 3 is 3.20 bits per heavy atom. The minimum Gasteiger partial charge on any atom is -0.396 e. The number of hydrogen-bond acceptors (Lipinski definition) is 5. The average molecular weight is 290 g/mol. The number of pyridine rings is 1. The van der Waals surface area contributed by atoms with Gasteiger partial charge >= 0.3 is 0 Å². The number of nitrogen functional groups attached to an aromatic ring is 1. The van der Waals surface area contributed by atoms with Gasteiger partial charge in [0.05, 0.1) is 10.4 Å². The molecule has 0 saturated carbocycles. The van der Waals surface area contributed by atoms with Crippen LogP contribution in [0.3, 0.4) is 0 Å². The second-order valence-corrected chi connectivity index (χ2v) is 6.23. The van der Waals surface area contributed by atoms with Crippen molar-refractivity contribution in [2.45, 2.75) is 18.9 Å². The number of carbonyl (C=O) groups is 1. The van der Waals surface area contributed by atoms with Crippen molar-refractivity contribution in [3.05, 3.63) is 23.2 Å². The number of anilines is 1. The van der Waals surface area contributed by atoms with Crippen molar-refractivity contribution in [1.29, 1.82) is 0 Å². The number of hydrogen-bond donors (Lipinski definition) is 2. The lowest BCUT2D eigenvalue weighted by atomic mass is 10.2. The van der Waals surface area contributed by atoms with Gasteiger partial charge in [0.15, 0.2) is 0 Å². The number of nitrogens with two attached hydrogens (primary N) is 1. The summed E-state index contributed by atoms with van der Waals surface area (Å²) < 4.78 is 0.952. The van der Waals surface area contributed by atoms with E-state index in [0.717, 1.165) is 23.2 Å². The minimum atomic E-state index is -0.0919. The molecule has 1 fully saturated rings. The molecule has 1 aliphatic rings. The number of nitrogens with one attached hydrogen (secondary N) is 1. The van der Waals surface area contributed by atoms with Gasteiger partial charge in [-0.3, -0.25) is 9.78 Å². The molecule has 1 amide bonds. The molecular formula is C14H18N4OS. The van der Waals surface area contributed by atoms with Crippen LogP contribution in [-0.4, -0.2) is 42.0 Å². The summed E-state index contributed by atoms with van der Waals surface area (Å²) >= 11 is 1.40. The average Bonchev–Trinajstić information content (AvgIpc) is 3.01. The number of rotatable bonds is 3. The van der Waals surface area contributed by atoms with Gasteiger partial charge in [-0.1, -0.05) is 0 Å². The monoisotopic (exact) mass is 290 g/mol. The van der Waals surface area contributed by atoms with E-state index in [4.69, 9.17) is 5.73 Å². The summed E-state index contributed by atoms with van der Waals surface area (Å²) in [6.45, 7) is 1.78. The van der Waals surface area contributed by atoms with Crippen LogP contribution in [0.1, 0.15) is 22.5 Å². The van der Waals surface area contributed by atoms with Crippen LogP contribution in [0, 0.1) is 0 Å². The molecule has 1 aliphatic heterocycles. The van der Waals surface area contributed by atoms with Crippen molar-refractivity contribution in [3.63, 3.8) is 0 Å². The lowest BCUT2D eigenvalue weighted by molar-refractivity contribution is 0.0948. The van der Waals surface area contributed by atoms with Crippen molar-refractivity contribution in [3.8, 4) is 0 Å². The Bertz CT molecular complexity index is 639. The van der Waals surface area contributed by atoms with E-state index in [9.17, 15) is 4.79 Å². The van der Waals surface area contributed by atoms with E-state index in [-0.39, 0.29) is 5.91 Å². The molecule has 0 bridgehead atoms. The first-order valence-corrected chi connectivity index (χ1v) is 7.60. The molecule has 0 radical (unpaired) electrons. The van der Waals surface area contributed by atoms with Gasteiger partial charge in [0.25, 0.3) is 5.91 Å². The Balaban J connectivity index is 1.74. The zero-order valence-electron chi connectivity index (χ0n) is 11.4. The number of nitrogens with zero attached hydrogens (tertiary/aromatic N) is 2. The van der Waals surface area contributed by atoms with E-state index in [0.29, 0.717) is 23.2 Å². The molecule has 3 heterocycles. The van der Waals surface area contributed by atoms with Crippen molar-refractivity contribution < 1.29 is 4.79 Å². The first kappa shape index (κ1) is 13.3. The highest BCUT2D eigenvalue weighted by atomic mass is 32.1. The van der Waals surface area contributed by atoms with Gasteiger partial charge in [-0.15, -0.1) is 11.3 Å². The van der Waals surface area contributed by atoms with Crippen molar-refractivity contribution in [2.24, 2.45) is 0 Å². The molecule has 6 heteroatoms. The maximum absolute atomic E-state index is 12.3. The van der Waals surface area contributed by atoms with Gasteiger partial charge < -0.3 is 16.0 Å². The van der Waals surface area contributed by atoms with Gasteiger partial charge in [0.2, 0.25) is 0 Å². The first-order chi connectivity index (χ1) is 9.66. The number of carbonyl (C=O) groups excluding carboxylic acids is 1. The largest absolute Gasteiger partial charge is 0.396 e. The summed E-state index contributed by atoms with van der Waals surface area (Å²) in [5, 5.41) is 3.00. The molecule has 106 valence electrons. The third kappa shape index (κ3) is 2.36. The predicted molar refractivity (Wildman–Crippen MR) is 82.0 cm³/mol. The van der Waals surface area contributed by atoms with E-state index in [1.807, 2.05) is 12.1 Å². The smallest absolute Gasteiger partial charge is 0.263 e. The Hall–Kier alpha value is -1.66. The zero-order chi connectivity index (χ0) is 14.1. The Kier molecular flexibility index (Phi) is 3.58. The molecule has 1 saturated heterocycles. The summed E-state index contributed by atoms with van der Waals surface area (Å²) in [6.07, 6.45) is 4.03. The minimum absolute atomic E-state index is 0.0919. The lowest BCUT2D eigenvalue weighted by Crippen LogP contribution is -2.38. The molecule has 0 aromatic carbocycles. The highest BCUT2D eigenvalue weighted by Crippen LogP contribution is 2.31. The van der Waals surface area contributed by atoms with Crippen LogP contribution in [0.25, 0.3) is 10.2 Å². The van der Waals surface area contributed by atoms with Gasteiger partial charge in [-0.05, 0) is 38.6 Å². The molecule has 2 aromatic rings. The van der Waals surface area contributed by atoms with Crippen LogP contribution < -0.4 is 11.1 Å². The van der Waals surface area contributed by atoms with E-state index in [1.54, 1.807) is 6.20 Å². The number of likely N-dealkylation sites (N-methyl/N-ethyl adjacent to an activating group) is 1. The number of amides is 1. The lowest BCUT2D eigenvalue weighted by Gasteiger charge is -2.19. The van der Waals surface area contributed by atoms with E-state index >= 15 is 0 Å².